The first-order valence-corrected chi connectivity index (χ1v) is 7.97. The van der Waals surface area contributed by atoms with Crippen molar-refractivity contribution in [3.63, 3.8) is 0 Å². The molecule has 0 aromatic rings. The van der Waals surface area contributed by atoms with Crippen LogP contribution < -0.4 is 0 Å². The van der Waals surface area contributed by atoms with E-state index in [0.717, 1.165) is 25.7 Å². The van der Waals surface area contributed by atoms with Crippen molar-refractivity contribution in [3.05, 3.63) is 0 Å². The number of nitrogens with zero attached hydrogens (tertiary/aromatic N) is 1. The van der Waals surface area contributed by atoms with Crippen LogP contribution in [-0.4, -0.2) is 39.8 Å². The van der Waals surface area contributed by atoms with E-state index in [1.165, 1.54) is 4.90 Å². The Labute approximate surface area is 127 Å². The molecule has 0 saturated heterocycles. The fourth-order valence-corrected chi connectivity index (χ4v) is 2.93. The van der Waals surface area contributed by atoms with Crippen molar-refractivity contribution >= 4 is 12.1 Å². The summed E-state index contributed by atoms with van der Waals surface area (Å²) in [6, 6.07) is 0. The van der Waals surface area contributed by atoms with Gasteiger partial charge in [0.25, 0.3) is 0 Å². The summed E-state index contributed by atoms with van der Waals surface area (Å²) >= 11 is 0. The Balaban J connectivity index is 3.07. The molecule has 0 spiro atoms. The zero-order chi connectivity index (χ0) is 16.1. The number of aliphatic carboxylic acids is 1. The van der Waals surface area contributed by atoms with E-state index in [0.29, 0.717) is 25.8 Å². The van der Waals surface area contributed by atoms with Crippen LogP contribution in [-0.2, 0) is 9.53 Å². The van der Waals surface area contributed by atoms with Gasteiger partial charge >= 0.3 is 12.1 Å². The molecule has 0 atom stereocenters. The summed E-state index contributed by atoms with van der Waals surface area (Å²) in [6.07, 6.45) is 4.99. The Morgan fingerprint density at radius 3 is 2.05 bits per heavy atom. The maximum Gasteiger partial charge on any atom is 0.411 e. The lowest BCUT2D eigenvalue weighted by atomic mass is 9.88. The van der Waals surface area contributed by atoms with Gasteiger partial charge in [0.05, 0.1) is 0 Å². The Morgan fingerprint density at radius 1 is 1.14 bits per heavy atom. The molecule has 0 heterocycles. The molecule has 1 aliphatic rings. The fourth-order valence-electron chi connectivity index (χ4n) is 2.93. The lowest BCUT2D eigenvalue weighted by Gasteiger charge is -2.40. The molecule has 5 nitrogen and oxygen atoms in total. The number of carboxylic acids is 1. The van der Waals surface area contributed by atoms with Crippen molar-refractivity contribution in [1.82, 2.24) is 4.90 Å². The lowest BCUT2D eigenvalue weighted by molar-refractivity contribution is -0.152. The number of hydrogen-bond donors (Lipinski definition) is 1. The molecule has 122 valence electrons. The zero-order valence-corrected chi connectivity index (χ0v) is 13.8. The number of amides is 1. The van der Waals surface area contributed by atoms with Crippen molar-refractivity contribution in [2.24, 2.45) is 0 Å². The summed E-state index contributed by atoms with van der Waals surface area (Å²) in [5.41, 5.74) is -1.72. The molecule has 1 amide bonds. The predicted molar refractivity (Wildman–Crippen MR) is 81.3 cm³/mol. The number of carbonyl (C=O) groups is 2. The largest absolute Gasteiger partial charge is 0.479 e. The minimum Gasteiger partial charge on any atom is -0.479 e. The number of carbonyl (C=O) groups excluding carboxylic acids is 1. The van der Waals surface area contributed by atoms with Crippen molar-refractivity contribution in [2.45, 2.75) is 83.8 Å². The molecule has 0 aromatic carbocycles. The second kappa shape index (κ2) is 7.14. The maximum absolute atomic E-state index is 12.5. The highest BCUT2D eigenvalue weighted by Gasteiger charge is 2.47. The molecule has 0 unspecified atom stereocenters. The van der Waals surface area contributed by atoms with E-state index < -0.39 is 23.2 Å². The maximum atomic E-state index is 12.5. The van der Waals surface area contributed by atoms with Gasteiger partial charge in [-0.2, -0.15) is 0 Å². The third kappa shape index (κ3) is 4.61. The minimum atomic E-state index is -1.10. The van der Waals surface area contributed by atoms with Gasteiger partial charge in [-0.3, -0.25) is 4.90 Å². The van der Waals surface area contributed by atoms with Crippen LogP contribution in [0.4, 0.5) is 4.79 Å². The van der Waals surface area contributed by atoms with E-state index in [2.05, 4.69) is 0 Å². The summed E-state index contributed by atoms with van der Waals surface area (Å²) in [5.74, 6) is -0.899. The average molecular weight is 299 g/mol. The summed E-state index contributed by atoms with van der Waals surface area (Å²) < 4.78 is 5.45. The van der Waals surface area contributed by atoms with Crippen molar-refractivity contribution in [1.29, 1.82) is 0 Å². The summed E-state index contributed by atoms with van der Waals surface area (Å²) in [6.45, 7) is 7.77. The average Bonchev–Trinajstić information content (AvgIpc) is 2.60. The summed E-state index contributed by atoms with van der Waals surface area (Å²) in [4.78, 5) is 25.9. The normalized spacial score (nSPS) is 18.7. The van der Waals surface area contributed by atoms with Crippen molar-refractivity contribution < 1.29 is 19.4 Å². The molecule has 0 bridgehead atoms. The van der Waals surface area contributed by atoms with E-state index in [1.807, 2.05) is 6.92 Å². The zero-order valence-electron chi connectivity index (χ0n) is 13.8. The first-order valence-electron chi connectivity index (χ1n) is 7.97. The molecule has 1 saturated carbocycles. The van der Waals surface area contributed by atoms with E-state index >= 15 is 0 Å². The number of ether oxygens (including phenoxy) is 1. The standard InChI is InChI=1S/C16H29NO4/c1-5-12-17(14(20)21-15(2,3)4)16(13(18)19)10-8-6-7-9-11-16/h5-12H2,1-4H3,(H,18,19). The number of rotatable bonds is 4. The third-order valence-electron chi connectivity index (χ3n) is 3.91. The highest BCUT2D eigenvalue weighted by molar-refractivity contribution is 5.84. The smallest absolute Gasteiger partial charge is 0.411 e. The molecular weight excluding hydrogens is 270 g/mol. The van der Waals surface area contributed by atoms with E-state index in [4.69, 9.17) is 4.74 Å². The molecule has 1 rings (SSSR count). The summed E-state index contributed by atoms with van der Waals surface area (Å²) in [5, 5.41) is 9.81. The van der Waals surface area contributed by atoms with Gasteiger partial charge in [0.15, 0.2) is 0 Å². The van der Waals surface area contributed by atoms with Crippen LogP contribution in [0, 0.1) is 0 Å². The molecule has 1 aliphatic carbocycles. The Morgan fingerprint density at radius 2 is 1.67 bits per heavy atom. The molecular formula is C16H29NO4. The lowest BCUT2D eigenvalue weighted by Crippen LogP contribution is -2.58. The Kier molecular flexibility index (Phi) is 6.05. The molecule has 0 radical (unpaired) electrons. The minimum absolute atomic E-state index is 0.418. The van der Waals surface area contributed by atoms with Crippen molar-refractivity contribution in [3.8, 4) is 0 Å². The van der Waals surface area contributed by atoms with Gasteiger partial charge in [-0.25, -0.2) is 9.59 Å². The van der Waals surface area contributed by atoms with Gasteiger partial charge in [0.2, 0.25) is 0 Å². The van der Waals surface area contributed by atoms with Gasteiger partial charge in [-0.1, -0.05) is 32.6 Å². The Hall–Kier alpha value is -1.26. The second-order valence-corrected chi connectivity index (χ2v) is 6.88. The number of hydrogen-bond acceptors (Lipinski definition) is 3. The van der Waals surface area contributed by atoms with E-state index in [9.17, 15) is 14.7 Å². The van der Waals surface area contributed by atoms with Crippen molar-refractivity contribution in [2.75, 3.05) is 6.54 Å². The molecule has 1 N–H and O–H groups in total. The van der Waals surface area contributed by atoms with Crippen LogP contribution in [0.15, 0.2) is 0 Å². The fraction of sp³-hybridized carbons (Fsp3) is 0.875. The van der Waals surface area contributed by atoms with Crippen LogP contribution in [0.2, 0.25) is 0 Å². The number of carboxylic acid groups (broad SMARTS) is 1. The van der Waals surface area contributed by atoms with Crippen LogP contribution >= 0.6 is 0 Å². The van der Waals surface area contributed by atoms with Crippen LogP contribution in [0.3, 0.4) is 0 Å². The first kappa shape index (κ1) is 17.8. The Bertz CT molecular complexity index is 365. The third-order valence-corrected chi connectivity index (χ3v) is 3.91. The summed E-state index contributed by atoms with van der Waals surface area (Å²) in [7, 11) is 0. The monoisotopic (exact) mass is 299 g/mol. The molecule has 5 heteroatoms. The second-order valence-electron chi connectivity index (χ2n) is 6.88. The SMILES string of the molecule is CCCN(C(=O)OC(C)(C)C)C1(C(=O)O)CCCCCC1. The van der Waals surface area contributed by atoms with Crippen LogP contribution in [0.5, 0.6) is 0 Å². The first-order chi connectivity index (χ1) is 9.73. The van der Waals surface area contributed by atoms with Crippen LogP contribution in [0.1, 0.15) is 72.6 Å². The molecule has 0 aromatic heterocycles. The van der Waals surface area contributed by atoms with E-state index in [-0.39, 0.29) is 0 Å². The van der Waals surface area contributed by atoms with Gasteiger partial charge in [0.1, 0.15) is 11.1 Å². The quantitative estimate of drug-likeness (QED) is 0.802. The van der Waals surface area contributed by atoms with Gasteiger partial charge < -0.3 is 9.84 Å². The van der Waals surface area contributed by atoms with Gasteiger partial charge in [-0.05, 0) is 40.0 Å². The van der Waals surface area contributed by atoms with Gasteiger partial charge in [-0.15, -0.1) is 0 Å². The topological polar surface area (TPSA) is 66.8 Å². The highest BCUT2D eigenvalue weighted by atomic mass is 16.6. The van der Waals surface area contributed by atoms with Crippen LogP contribution in [0.25, 0.3) is 0 Å². The van der Waals surface area contributed by atoms with Gasteiger partial charge in [0, 0.05) is 6.54 Å². The predicted octanol–water partition coefficient (Wildman–Crippen LogP) is 3.81. The molecule has 1 fully saturated rings. The molecule has 0 aliphatic heterocycles. The van der Waals surface area contributed by atoms with E-state index in [1.54, 1.807) is 20.8 Å². The molecule has 21 heavy (non-hydrogen) atoms. The highest BCUT2D eigenvalue weighted by Crippen LogP contribution is 2.34.